The number of allylic oxidation sites excluding steroid dienone is 2. The standard InChI is InChI=1S/C21H25Cl2N3O4/c22-17-6-5-14(10-18(17)23)25-21(30)26-24-11-16-15-8-12(3-1-2-4-20(28)29)7-13(15)9-19(16)27/h3,5-6,10-11,13,15-16,19,27H,1-2,4,7-9H2,(H,28,29)(H2,25,26,30)/b12-3+,24-11+/t13-,15-,16+,19+/m0/s1. The third-order valence-electron chi connectivity index (χ3n) is 5.73. The van der Waals surface area contributed by atoms with Crippen molar-refractivity contribution in [3.05, 3.63) is 39.9 Å². The van der Waals surface area contributed by atoms with Gasteiger partial charge >= 0.3 is 12.0 Å². The van der Waals surface area contributed by atoms with Gasteiger partial charge in [0.15, 0.2) is 0 Å². The van der Waals surface area contributed by atoms with Gasteiger partial charge in [0, 0.05) is 24.2 Å². The number of aliphatic hydroxyl groups is 1. The maximum Gasteiger partial charge on any atom is 0.339 e. The van der Waals surface area contributed by atoms with E-state index in [1.54, 1.807) is 24.4 Å². The summed E-state index contributed by atoms with van der Waals surface area (Å²) in [5.74, 6) is -0.210. The lowest BCUT2D eigenvalue weighted by atomic mass is 9.92. The molecule has 0 aliphatic heterocycles. The number of hydrazone groups is 1. The molecule has 2 aliphatic rings. The Morgan fingerprint density at radius 2 is 2.03 bits per heavy atom. The molecule has 2 amide bonds. The van der Waals surface area contributed by atoms with Crippen molar-refractivity contribution in [2.75, 3.05) is 5.32 Å². The molecule has 0 spiro atoms. The fourth-order valence-electron chi connectivity index (χ4n) is 4.35. The molecule has 4 atom stereocenters. The minimum Gasteiger partial charge on any atom is -0.481 e. The Bertz CT molecular complexity index is 859. The second-order valence-corrected chi connectivity index (χ2v) is 8.65. The lowest BCUT2D eigenvalue weighted by Gasteiger charge is -2.16. The molecule has 4 N–H and O–H groups in total. The number of carboxylic acid groups (broad SMARTS) is 1. The Morgan fingerprint density at radius 1 is 1.23 bits per heavy atom. The summed E-state index contributed by atoms with van der Waals surface area (Å²) in [6.45, 7) is 0. The van der Waals surface area contributed by atoms with Crippen molar-refractivity contribution >= 4 is 47.1 Å². The van der Waals surface area contributed by atoms with E-state index in [4.69, 9.17) is 28.3 Å². The van der Waals surface area contributed by atoms with Crippen molar-refractivity contribution in [3.8, 4) is 0 Å². The topological polar surface area (TPSA) is 111 Å². The number of nitrogens with zero attached hydrogens (tertiary/aromatic N) is 1. The average Bonchev–Trinajstić information content (AvgIpc) is 3.19. The molecule has 0 saturated heterocycles. The van der Waals surface area contributed by atoms with Crippen LogP contribution in [0.2, 0.25) is 10.0 Å². The number of halogens is 2. The molecule has 0 bridgehead atoms. The van der Waals surface area contributed by atoms with Crippen LogP contribution in [0.3, 0.4) is 0 Å². The Balaban J connectivity index is 1.50. The number of amides is 2. The molecule has 0 radical (unpaired) electrons. The van der Waals surface area contributed by atoms with Gasteiger partial charge in [-0.15, -0.1) is 0 Å². The fraction of sp³-hybridized carbons (Fsp3) is 0.476. The van der Waals surface area contributed by atoms with Crippen LogP contribution in [-0.4, -0.2) is 34.5 Å². The molecule has 3 rings (SSSR count). The van der Waals surface area contributed by atoms with E-state index in [0.29, 0.717) is 34.5 Å². The summed E-state index contributed by atoms with van der Waals surface area (Å²) in [7, 11) is 0. The first kappa shape index (κ1) is 22.6. The van der Waals surface area contributed by atoms with Crippen LogP contribution in [0.4, 0.5) is 10.5 Å². The van der Waals surface area contributed by atoms with E-state index in [1.165, 1.54) is 5.57 Å². The number of nitrogens with one attached hydrogen (secondary N) is 2. The second kappa shape index (κ2) is 10.3. The van der Waals surface area contributed by atoms with Gasteiger partial charge in [0.25, 0.3) is 0 Å². The first-order valence-corrected chi connectivity index (χ1v) is 10.7. The average molecular weight is 454 g/mol. The number of benzene rings is 1. The molecule has 162 valence electrons. The number of urea groups is 1. The first-order chi connectivity index (χ1) is 14.3. The van der Waals surface area contributed by atoms with E-state index in [-0.39, 0.29) is 18.3 Å². The molecular formula is C21H25Cl2N3O4. The smallest absolute Gasteiger partial charge is 0.339 e. The Morgan fingerprint density at radius 3 is 2.77 bits per heavy atom. The van der Waals surface area contributed by atoms with Gasteiger partial charge in [0.2, 0.25) is 0 Å². The van der Waals surface area contributed by atoms with Crippen molar-refractivity contribution < 1.29 is 19.8 Å². The zero-order valence-electron chi connectivity index (χ0n) is 16.4. The van der Waals surface area contributed by atoms with E-state index >= 15 is 0 Å². The summed E-state index contributed by atoms with van der Waals surface area (Å²) in [6.07, 6.45) is 7.40. The largest absolute Gasteiger partial charge is 0.481 e. The van der Waals surface area contributed by atoms with E-state index in [0.717, 1.165) is 19.3 Å². The normalized spacial score (nSPS) is 26.8. The zero-order valence-corrected chi connectivity index (χ0v) is 17.9. The highest BCUT2D eigenvalue weighted by molar-refractivity contribution is 6.42. The maximum absolute atomic E-state index is 12.0. The highest BCUT2D eigenvalue weighted by Crippen LogP contribution is 2.49. The summed E-state index contributed by atoms with van der Waals surface area (Å²) in [5, 5.41) is 26.5. The number of hydrogen-bond donors (Lipinski definition) is 4. The van der Waals surface area contributed by atoms with Crippen LogP contribution in [0.25, 0.3) is 0 Å². The highest BCUT2D eigenvalue weighted by Gasteiger charge is 2.45. The van der Waals surface area contributed by atoms with E-state index < -0.39 is 18.1 Å². The zero-order chi connectivity index (χ0) is 21.7. The van der Waals surface area contributed by atoms with Crippen LogP contribution in [-0.2, 0) is 4.79 Å². The SMILES string of the molecule is O=C(O)CCC/C=C1\C[C@H]2C[C@@H](O)[C@H](/C=N/NC(=O)Nc3ccc(Cl)c(Cl)c3)[C@H]2C1. The number of hydrogen-bond acceptors (Lipinski definition) is 4. The molecule has 9 heteroatoms. The van der Waals surface area contributed by atoms with Crippen molar-refractivity contribution in [2.24, 2.45) is 22.9 Å². The molecule has 1 aromatic rings. The number of unbranched alkanes of at least 4 members (excludes halogenated alkanes) is 1. The number of carboxylic acids is 1. The number of carbonyl (C=O) groups excluding carboxylic acids is 1. The summed E-state index contributed by atoms with van der Waals surface area (Å²) in [5.41, 5.74) is 4.24. The summed E-state index contributed by atoms with van der Waals surface area (Å²) >= 11 is 11.8. The highest BCUT2D eigenvalue weighted by atomic mass is 35.5. The molecular weight excluding hydrogens is 429 g/mol. The lowest BCUT2D eigenvalue weighted by molar-refractivity contribution is -0.137. The molecule has 0 heterocycles. The summed E-state index contributed by atoms with van der Waals surface area (Å²) < 4.78 is 0. The van der Waals surface area contributed by atoms with Gasteiger partial charge in [0.1, 0.15) is 0 Å². The van der Waals surface area contributed by atoms with Gasteiger partial charge in [-0.1, -0.05) is 34.9 Å². The molecule has 7 nitrogen and oxygen atoms in total. The number of aliphatic carboxylic acids is 1. The third-order valence-corrected chi connectivity index (χ3v) is 6.47. The first-order valence-electron chi connectivity index (χ1n) is 9.96. The molecule has 0 aromatic heterocycles. The maximum atomic E-state index is 12.0. The number of carbonyl (C=O) groups is 2. The van der Waals surface area contributed by atoms with Gasteiger partial charge in [0.05, 0.1) is 16.1 Å². The monoisotopic (exact) mass is 453 g/mol. The molecule has 30 heavy (non-hydrogen) atoms. The third kappa shape index (κ3) is 5.97. The van der Waals surface area contributed by atoms with Gasteiger partial charge < -0.3 is 15.5 Å². The second-order valence-electron chi connectivity index (χ2n) is 7.83. The quantitative estimate of drug-likeness (QED) is 0.207. The van der Waals surface area contributed by atoms with Gasteiger partial charge in [-0.25, -0.2) is 10.2 Å². The van der Waals surface area contributed by atoms with Crippen molar-refractivity contribution in [3.63, 3.8) is 0 Å². The molecule has 2 aliphatic carbocycles. The Hall–Kier alpha value is -2.09. The van der Waals surface area contributed by atoms with Crippen molar-refractivity contribution in [1.29, 1.82) is 0 Å². The van der Waals surface area contributed by atoms with Crippen molar-refractivity contribution in [1.82, 2.24) is 5.43 Å². The van der Waals surface area contributed by atoms with Crippen LogP contribution in [0.1, 0.15) is 38.5 Å². The summed E-state index contributed by atoms with van der Waals surface area (Å²) in [4.78, 5) is 22.6. The van der Waals surface area contributed by atoms with Crippen LogP contribution >= 0.6 is 23.2 Å². The van der Waals surface area contributed by atoms with Gasteiger partial charge in [-0.3, -0.25) is 4.79 Å². The number of anilines is 1. The molecule has 1 aromatic carbocycles. The van der Waals surface area contributed by atoms with Crippen molar-refractivity contribution in [2.45, 2.75) is 44.6 Å². The predicted molar refractivity (Wildman–Crippen MR) is 117 cm³/mol. The van der Waals surface area contributed by atoms with E-state index in [9.17, 15) is 14.7 Å². The number of rotatable bonds is 7. The van der Waals surface area contributed by atoms with Gasteiger partial charge in [-0.2, -0.15) is 5.10 Å². The fourth-order valence-corrected chi connectivity index (χ4v) is 4.65. The van der Waals surface area contributed by atoms with Crippen LogP contribution < -0.4 is 10.7 Å². The van der Waals surface area contributed by atoms with Gasteiger partial charge in [-0.05, 0) is 62.1 Å². The minimum absolute atomic E-state index is 0.120. The van der Waals surface area contributed by atoms with Crippen LogP contribution in [0.5, 0.6) is 0 Å². The lowest BCUT2D eigenvalue weighted by Crippen LogP contribution is -2.27. The Labute approximate surface area is 185 Å². The molecule has 2 saturated carbocycles. The van der Waals surface area contributed by atoms with E-state index in [1.807, 2.05) is 0 Å². The predicted octanol–water partition coefficient (Wildman–Crippen LogP) is 4.69. The number of fused-ring (bicyclic) bond motifs is 1. The number of aliphatic hydroxyl groups excluding tert-OH is 1. The van der Waals surface area contributed by atoms with Crippen LogP contribution in [0.15, 0.2) is 34.9 Å². The van der Waals surface area contributed by atoms with Crippen LogP contribution in [0, 0.1) is 17.8 Å². The molecule has 2 fully saturated rings. The Kier molecular flexibility index (Phi) is 7.75. The minimum atomic E-state index is -0.771. The summed E-state index contributed by atoms with van der Waals surface area (Å²) in [6, 6.07) is 4.25. The van der Waals surface area contributed by atoms with E-state index in [2.05, 4.69) is 21.9 Å². The molecule has 0 unspecified atom stereocenters.